The van der Waals surface area contributed by atoms with Gasteiger partial charge in [-0.3, -0.25) is 14.0 Å². The van der Waals surface area contributed by atoms with Gasteiger partial charge in [0.25, 0.3) is 5.91 Å². The Labute approximate surface area is 191 Å². The molecule has 34 heavy (non-hydrogen) atoms. The average molecular weight is 471 g/mol. The molecule has 0 spiro atoms. The molecule has 1 aromatic carbocycles. The number of carbonyl (C=O) groups is 1. The minimum absolute atomic E-state index is 0.0214. The molecular weight excluding hydrogens is 451 g/mol. The highest BCUT2D eigenvalue weighted by atomic mass is 19.4. The predicted octanol–water partition coefficient (Wildman–Crippen LogP) is 3.20. The van der Waals surface area contributed by atoms with Crippen molar-refractivity contribution in [2.45, 2.75) is 33.1 Å². The van der Waals surface area contributed by atoms with Crippen molar-refractivity contribution in [1.29, 1.82) is 0 Å². The van der Waals surface area contributed by atoms with Crippen LogP contribution in [0, 0.1) is 13.8 Å². The number of aromatic nitrogens is 5. The summed E-state index contributed by atoms with van der Waals surface area (Å²) in [5, 5.41) is 14.5. The third-order valence-corrected chi connectivity index (χ3v) is 6.07. The van der Waals surface area contributed by atoms with Crippen molar-refractivity contribution in [1.82, 2.24) is 29.2 Å². The highest BCUT2D eigenvalue weighted by Gasteiger charge is 2.37. The van der Waals surface area contributed by atoms with Crippen molar-refractivity contribution in [2.24, 2.45) is 0 Å². The van der Waals surface area contributed by atoms with Gasteiger partial charge in [-0.15, -0.1) is 0 Å². The number of nitrogens with two attached hydrogens (primary N) is 1. The van der Waals surface area contributed by atoms with Gasteiger partial charge in [-0.05, 0) is 31.5 Å². The van der Waals surface area contributed by atoms with Gasteiger partial charge in [0.15, 0.2) is 0 Å². The minimum atomic E-state index is -4.81. The fourth-order valence-electron chi connectivity index (χ4n) is 4.36. The maximum atomic E-state index is 13.6. The van der Waals surface area contributed by atoms with E-state index < -0.39 is 17.9 Å². The molecule has 176 valence electrons. The molecule has 4 heterocycles. The summed E-state index contributed by atoms with van der Waals surface area (Å²) >= 11 is 0. The van der Waals surface area contributed by atoms with Crippen LogP contribution in [0.15, 0.2) is 30.6 Å². The van der Waals surface area contributed by atoms with Crippen LogP contribution in [0.25, 0.3) is 16.7 Å². The van der Waals surface area contributed by atoms with Crippen LogP contribution < -0.4 is 5.73 Å². The van der Waals surface area contributed by atoms with E-state index in [1.54, 1.807) is 36.9 Å². The number of rotatable bonds is 2. The number of nitrogens with zero attached hydrogens (tertiary/aromatic N) is 6. The van der Waals surface area contributed by atoms with Gasteiger partial charge in [0.2, 0.25) is 5.82 Å². The lowest BCUT2D eigenvalue weighted by molar-refractivity contribution is -0.144. The Hall–Kier alpha value is -4.09. The van der Waals surface area contributed by atoms with E-state index in [9.17, 15) is 23.1 Å². The molecule has 0 unspecified atom stereocenters. The first-order valence-corrected chi connectivity index (χ1v) is 10.4. The van der Waals surface area contributed by atoms with Gasteiger partial charge < -0.3 is 15.7 Å². The quantitative estimate of drug-likeness (QED) is 0.464. The largest absolute Gasteiger partial charge is 0.508 e. The molecule has 9 nitrogen and oxygen atoms in total. The van der Waals surface area contributed by atoms with Gasteiger partial charge in [0, 0.05) is 18.3 Å². The van der Waals surface area contributed by atoms with Gasteiger partial charge >= 0.3 is 6.18 Å². The van der Waals surface area contributed by atoms with Crippen LogP contribution >= 0.6 is 0 Å². The van der Waals surface area contributed by atoms with Gasteiger partial charge in [0.05, 0.1) is 36.2 Å². The average Bonchev–Trinajstić information content (AvgIpc) is 3.37. The molecule has 3 N–H and O–H groups in total. The molecule has 0 atom stereocenters. The second-order valence-electron chi connectivity index (χ2n) is 8.17. The standard InChI is InChI=1S/C22H20F3N7O2/c1-11-3-4-15(33)12(2)18(11)32-14-9-27-21(22(23,24)25)29-17(14)16(19(32)26)20(34)30-7-8-31-13(10-30)5-6-28-31/h3-6,9,33H,7-8,10,26H2,1-2H3. The van der Waals surface area contributed by atoms with Gasteiger partial charge in [-0.25, -0.2) is 9.97 Å². The Morgan fingerprint density at radius 3 is 2.68 bits per heavy atom. The SMILES string of the molecule is Cc1ccc(O)c(C)c1-n1c(N)c(C(=O)N2CCn3nccc3C2)c2nc(C(F)(F)F)ncc21. The van der Waals surface area contributed by atoms with Gasteiger partial charge in [-0.2, -0.15) is 18.3 Å². The third kappa shape index (κ3) is 3.25. The Bertz CT molecular complexity index is 1460. The van der Waals surface area contributed by atoms with Gasteiger partial charge in [-0.1, -0.05) is 6.07 Å². The maximum absolute atomic E-state index is 13.6. The van der Waals surface area contributed by atoms with Crippen LogP contribution in [0.2, 0.25) is 0 Å². The minimum Gasteiger partial charge on any atom is -0.508 e. The van der Waals surface area contributed by atoms with Crippen LogP contribution in [-0.4, -0.2) is 46.8 Å². The van der Waals surface area contributed by atoms with Crippen molar-refractivity contribution in [3.63, 3.8) is 0 Å². The Balaban J connectivity index is 1.75. The topological polar surface area (TPSA) is 115 Å². The second-order valence-corrected chi connectivity index (χ2v) is 8.17. The molecule has 0 fully saturated rings. The molecular formula is C22H20F3N7O2. The van der Waals surface area contributed by atoms with E-state index in [2.05, 4.69) is 15.1 Å². The highest BCUT2D eigenvalue weighted by molar-refractivity contribution is 6.11. The summed E-state index contributed by atoms with van der Waals surface area (Å²) in [5.41, 5.74) is 8.62. The molecule has 4 aromatic rings. The zero-order valence-electron chi connectivity index (χ0n) is 18.3. The number of fused-ring (bicyclic) bond motifs is 2. The summed E-state index contributed by atoms with van der Waals surface area (Å²) < 4.78 is 43.5. The first-order chi connectivity index (χ1) is 16.1. The lowest BCUT2D eigenvalue weighted by Gasteiger charge is -2.27. The number of hydrogen-bond acceptors (Lipinski definition) is 6. The second kappa shape index (κ2) is 7.47. The molecule has 0 saturated carbocycles. The maximum Gasteiger partial charge on any atom is 0.451 e. The Morgan fingerprint density at radius 1 is 1.18 bits per heavy atom. The molecule has 0 aliphatic carbocycles. The number of alkyl halides is 3. The molecule has 0 saturated heterocycles. The summed E-state index contributed by atoms with van der Waals surface area (Å²) in [4.78, 5) is 22.3. The van der Waals surface area contributed by atoms with Crippen molar-refractivity contribution in [3.05, 3.63) is 58.8 Å². The monoisotopic (exact) mass is 471 g/mol. The fraction of sp³-hybridized carbons (Fsp3) is 0.273. The number of nitrogen functional groups attached to an aromatic ring is 1. The van der Waals surface area contributed by atoms with Crippen LogP contribution in [0.1, 0.15) is 33.0 Å². The van der Waals surface area contributed by atoms with Gasteiger partial charge in [0.1, 0.15) is 22.6 Å². The van der Waals surface area contributed by atoms with E-state index in [0.29, 0.717) is 29.9 Å². The lowest BCUT2D eigenvalue weighted by atomic mass is 10.1. The normalized spacial score (nSPS) is 14.0. The predicted molar refractivity (Wildman–Crippen MR) is 116 cm³/mol. The number of carbonyl (C=O) groups excluding carboxylic acids is 1. The summed E-state index contributed by atoms with van der Waals surface area (Å²) in [6.07, 6.45) is -2.17. The van der Waals surface area contributed by atoms with Crippen molar-refractivity contribution in [2.75, 3.05) is 12.3 Å². The fourth-order valence-corrected chi connectivity index (χ4v) is 4.36. The summed E-state index contributed by atoms with van der Waals surface area (Å²) in [6.45, 7) is 4.40. The van der Waals surface area contributed by atoms with E-state index >= 15 is 0 Å². The number of benzene rings is 1. The number of anilines is 1. The molecule has 12 heteroatoms. The number of phenolic OH excluding ortho intramolecular Hbond substituents is 1. The number of amides is 1. The number of hydrogen-bond donors (Lipinski definition) is 2. The molecule has 3 aromatic heterocycles. The van der Waals surface area contributed by atoms with Crippen LogP contribution in [0.4, 0.5) is 19.0 Å². The number of aromatic hydroxyl groups is 1. The van der Waals surface area contributed by atoms with E-state index in [-0.39, 0.29) is 34.7 Å². The summed E-state index contributed by atoms with van der Waals surface area (Å²) in [7, 11) is 0. The smallest absolute Gasteiger partial charge is 0.451 e. The summed E-state index contributed by atoms with van der Waals surface area (Å²) in [6, 6.07) is 4.94. The molecule has 0 radical (unpaired) electrons. The number of halogens is 3. The highest BCUT2D eigenvalue weighted by Crippen LogP contribution is 2.37. The molecule has 1 aliphatic rings. The van der Waals surface area contributed by atoms with Crippen LogP contribution in [0.3, 0.4) is 0 Å². The molecule has 1 aliphatic heterocycles. The van der Waals surface area contributed by atoms with E-state index in [0.717, 1.165) is 11.9 Å². The molecule has 5 rings (SSSR count). The lowest BCUT2D eigenvalue weighted by Crippen LogP contribution is -2.38. The van der Waals surface area contributed by atoms with Crippen LogP contribution in [-0.2, 0) is 19.3 Å². The number of aryl methyl sites for hydroxylation is 1. The molecule has 0 bridgehead atoms. The van der Waals surface area contributed by atoms with Crippen molar-refractivity contribution >= 4 is 22.8 Å². The Morgan fingerprint density at radius 2 is 1.94 bits per heavy atom. The molecule has 1 amide bonds. The first-order valence-electron chi connectivity index (χ1n) is 10.4. The van der Waals surface area contributed by atoms with Crippen LogP contribution in [0.5, 0.6) is 5.75 Å². The third-order valence-electron chi connectivity index (χ3n) is 6.07. The van der Waals surface area contributed by atoms with E-state index in [1.807, 2.05) is 0 Å². The Kier molecular flexibility index (Phi) is 4.78. The van der Waals surface area contributed by atoms with E-state index in [4.69, 9.17) is 5.73 Å². The zero-order valence-corrected chi connectivity index (χ0v) is 18.3. The zero-order chi connectivity index (χ0) is 24.4. The van der Waals surface area contributed by atoms with Crippen molar-refractivity contribution < 1.29 is 23.1 Å². The summed E-state index contributed by atoms with van der Waals surface area (Å²) in [5.74, 6) is -2.01. The van der Waals surface area contributed by atoms with E-state index in [1.165, 1.54) is 15.5 Å². The van der Waals surface area contributed by atoms with Crippen molar-refractivity contribution in [3.8, 4) is 11.4 Å². The first kappa shape index (κ1) is 21.7. The number of phenols is 1.